The van der Waals surface area contributed by atoms with E-state index in [0.717, 1.165) is 16.9 Å². The number of anilines is 1. The fourth-order valence-corrected chi connectivity index (χ4v) is 7.12. The Morgan fingerprint density at radius 2 is 1.93 bits per heavy atom. The molecule has 4 aromatic rings. The summed E-state index contributed by atoms with van der Waals surface area (Å²) in [4.78, 5) is 28.4. The summed E-state index contributed by atoms with van der Waals surface area (Å²) in [5.74, 6) is 0.0879. The number of aliphatic hydroxyl groups excluding tert-OH is 1. The molecule has 1 N–H and O–H groups in total. The Morgan fingerprint density at radius 1 is 1.15 bits per heavy atom. The Balaban J connectivity index is 1.39. The first-order valence-corrected chi connectivity index (χ1v) is 15.0. The lowest BCUT2D eigenvalue weighted by Crippen LogP contribution is -2.29. The van der Waals surface area contributed by atoms with Crippen LogP contribution >= 0.6 is 34.7 Å². The Morgan fingerprint density at radius 3 is 2.68 bits per heavy atom. The van der Waals surface area contributed by atoms with Gasteiger partial charge in [-0.2, -0.15) is 0 Å². The van der Waals surface area contributed by atoms with E-state index in [9.17, 15) is 14.7 Å². The topological polar surface area (TPSA) is 102 Å². The second-order valence-electron chi connectivity index (χ2n) is 9.63. The smallest absolute Gasteiger partial charge is 0.301 e. The Kier molecular flexibility index (Phi) is 7.46. The minimum atomic E-state index is -0.918. The van der Waals surface area contributed by atoms with Crippen LogP contribution in [0.15, 0.2) is 76.6 Å². The van der Waals surface area contributed by atoms with E-state index in [2.05, 4.69) is 10.2 Å². The number of benzene rings is 3. The minimum Gasteiger partial charge on any atom is -0.507 e. The summed E-state index contributed by atoms with van der Waals surface area (Å²) >= 11 is 8.93. The molecule has 0 unspecified atom stereocenters. The van der Waals surface area contributed by atoms with Crippen molar-refractivity contribution in [2.75, 3.05) is 12.0 Å². The van der Waals surface area contributed by atoms with Crippen molar-refractivity contribution in [1.82, 2.24) is 10.2 Å². The van der Waals surface area contributed by atoms with Crippen LogP contribution in [0.5, 0.6) is 11.5 Å². The number of methoxy groups -OCH3 is 1. The number of thioether (sulfide) groups is 1. The SMILES string of the molecule is COc1ccc([C@@H]2/C(=C(\O)c3ccc4c(c3)C[C@@H](C)O4)C(=O)C(=O)N2c2nnc(SCc3ccccc3Cl)s2)cc1. The van der Waals surface area contributed by atoms with Crippen molar-refractivity contribution in [3.63, 3.8) is 0 Å². The lowest BCUT2D eigenvalue weighted by Gasteiger charge is -2.22. The highest BCUT2D eigenvalue weighted by Gasteiger charge is 2.48. The standard InChI is InChI=1S/C30H24ClN3O5S2/c1-16-13-20-14-18(9-12-23(20)39-16)26(35)24-25(17-7-10-21(38-2)11-8-17)34(28(37)27(24)36)29-32-33-30(41-29)40-15-19-5-3-4-6-22(19)31/h3-12,14,16,25,35H,13,15H2,1-2H3/b26-24+/t16-,25-/m1/s1. The average Bonchev–Trinajstić information content (AvgIpc) is 3.67. The van der Waals surface area contributed by atoms with Gasteiger partial charge in [-0.05, 0) is 60.0 Å². The number of hydrogen-bond donors (Lipinski definition) is 1. The van der Waals surface area contributed by atoms with Gasteiger partial charge >= 0.3 is 5.91 Å². The van der Waals surface area contributed by atoms with Crippen molar-refractivity contribution < 1.29 is 24.2 Å². The molecule has 208 valence electrons. The maximum atomic E-state index is 13.5. The second-order valence-corrected chi connectivity index (χ2v) is 12.2. The van der Waals surface area contributed by atoms with Crippen molar-refractivity contribution in [2.45, 2.75) is 35.6 Å². The highest BCUT2D eigenvalue weighted by atomic mass is 35.5. The number of carbonyl (C=O) groups excluding carboxylic acids is 2. The summed E-state index contributed by atoms with van der Waals surface area (Å²) in [7, 11) is 1.56. The molecule has 2 aliphatic rings. The van der Waals surface area contributed by atoms with E-state index < -0.39 is 17.7 Å². The Labute approximate surface area is 249 Å². The average molecular weight is 606 g/mol. The predicted octanol–water partition coefficient (Wildman–Crippen LogP) is 6.44. The molecule has 2 aliphatic heterocycles. The number of carbonyl (C=O) groups is 2. The molecule has 1 aromatic heterocycles. The molecular weight excluding hydrogens is 582 g/mol. The zero-order valence-electron chi connectivity index (χ0n) is 22.0. The summed E-state index contributed by atoms with van der Waals surface area (Å²) in [5, 5.41) is 21.0. The third kappa shape index (κ3) is 5.18. The lowest BCUT2D eigenvalue weighted by atomic mass is 9.94. The Bertz CT molecular complexity index is 1690. The number of amides is 1. The lowest BCUT2D eigenvalue weighted by molar-refractivity contribution is -0.132. The molecule has 0 saturated carbocycles. The zero-order chi connectivity index (χ0) is 28.7. The van der Waals surface area contributed by atoms with Gasteiger partial charge in [-0.1, -0.05) is 65.0 Å². The first-order valence-electron chi connectivity index (χ1n) is 12.8. The van der Waals surface area contributed by atoms with Crippen LogP contribution in [0, 0.1) is 0 Å². The van der Waals surface area contributed by atoms with E-state index in [-0.39, 0.29) is 22.6 Å². The van der Waals surface area contributed by atoms with E-state index in [1.165, 1.54) is 28.0 Å². The van der Waals surface area contributed by atoms with Crippen LogP contribution in [-0.2, 0) is 21.8 Å². The van der Waals surface area contributed by atoms with Crippen molar-refractivity contribution in [1.29, 1.82) is 0 Å². The van der Waals surface area contributed by atoms with Crippen molar-refractivity contribution in [3.8, 4) is 11.5 Å². The van der Waals surface area contributed by atoms with Gasteiger partial charge in [0.1, 0.15) is 23.4 Å². The predicted molar refractivity (Wildman–Crippen MR) is 159 cm³/mol. The number of aliphatic hydroxyl groups is 1. The van der Waals surface area contributed by atoms with Crippen molar-refractivity contribution in [3.05, 3.63) is 99.6 Å². The highest BCUT2D eigenvalue weighted by Crippen LogP contribution is 2.45. The number of ketones is 1. The largest absolute Gasteiger partial charge is 0.507 e. The first kappa shape index (κ1) is 27.3. The summed E-state index contributed by atoms with van der Waals surface area (Å²) in [6.07, 6.45) is 0.709. The molecule has 1 saturated heterocycles. The number of Topliss-reactive ketones (excluding diaryl/α,β-unsaturated/α-hetero) is 1. The quantitative estimate of drug-likeness (QED) is 0.0844. The number of halogens is 1. The molecule has 11 heteroatoms. The van der Waals surface area contributed by atoms with E-state index in [1.807, 2.05) is 31.2 Å². The van der Waals surface area contributed by atoms with Crippen molar-refractivity contribution in [2.24, 2.45) is 0 Å². The number of hydrogen-bond acceptors (Lipinski definition) is 9. The number of ether oxygens (including phenoxy) is 2. The van der Waals surface area contributed by atoms with E-state index >= 15 is 0 Å². The molecule has 0 spiro atoms. The molecular formula is C30H24ClN3O5S2. The van der Waals surface area contributed by atoms with Crippen LogP contribution in [-0.4, -0.2) is 40.2 Å². The molecule has 3 heterocycles. The van der Waals surface area contributed by atoms with Gasteiger partial charge in [0.25, 0.3) is 5.78 Å². The van der Waals surface area contributed by atoms with Crippen LogP contribution in [0.1, 0.15) is 35.2 Å². The molecule has 41 heavy (non-hydrogen) atoms. The van der Waals surface area contributed by atoms with E-state index in [0.29, 0.717) is 38.4 Å². The van der Waals surface area contributed by atoms with Gasteiger partial charge in [-0.25, -0.2) is 0 Å². The third-order valence-electron chi connectivity index (χ3n) is 6.96. The van der Waals surface area contributed by atoms with E-state index in [4.69, 9.17) is 21.1 Å². The summed E-state index contributed by atoms with van der Waals surface area (Å²) in [6, 6.07) is 18.9. The number of fused-ring (bicyclic) bond motifs is 1. The van der Waals surface area contributed by atoms with Crippen LogP contribution in [0.25, 0.3) is 5.76 Å². The molecule has 2 atom stereocenters. The monoisotopic (exact) mass is 605 g/mol. The molecule has 8 nitrogen and oxygen atoms in total. The molecule has 1 fully saturated rings. The fraction of sp³-hybridized carbons (Fsp3) is 0.200. The van der Waals surface area contributed by atoms with Crippen LogP contribution in [0.3, 0.4) is 0 Å². The highest BCUT2D eigenvalue weighted by molar-refractivity contribution is 8.00. The van der Waals surface area contributed by atoms with Gasteiger partial charge in [-0.15, -0.1) is 10.2 Å². The van der Waals surface area contributed by atoms with Gasteiger partial charge in [0, 0.05) is 22.8 Å². The van der Waals surface area contributed by atoms with Crippen LogP contribution in [0.2, 0.25) is 5.02 Å². The maximum Gasteiger partial charge on any atom is 0.301 e. The molecule has 0 bridgehead atoms. The van der Waals surface area contributed by atoms with Gasteiger partial charge in [-0.3, -0.25) is 14.5 Å². The molecule has 0 aliphatic carbocycles. The van der Waals surface area contributed by atoms with Crippen LogP contribution < -0.4 is 14.4 Å². The maximum absolute atomic E-state index is 13.5. The normalized spacial score (nSPS) is 19.3. The second kappa shape index (κ2) is 11.2. The third-order valence-corrected chi connectivity index (χ3v) is 9.43. The molecule has 6 rings (SSSR count). The molecule has 0 radical (unpaired) electrons. The molecule has 3 aromatic carbocycles. The summed E-state index contributed by atoms with van der Waals surface area (Å²) < 4.78 is 11.7. The van der Waals surface area contributed by atoms with Gasteiger partial charge in [0.2, 0.25) is 5.13 Å². The van der Waals surface area contributed by atoms with E-state index in [1.54, 1.807) is 49.6 Å². The van der Waals surface area contributed by atoms with Gasteiger partial charge < -0.3 is 14.6 Å². The van der Waals surface area contributed by atoms with Gasteiger partial charge in [0.05, 0.1) is 18.7 Å². The number of aromatic nitrogens is 2. The van der Waals surface area contributed by atoms with Crippen LogP contribution in [0.4, 0.5) is 5.13 Å². The number of rotatable bonds is 7. The summed E-state index contributed by atoms with van der Waals surface area (Å²) in [6.45, 7) is 1.97. The first-order chi connectivity index (χ1) is 19.8. The number of nitrogens with zero attached hydrogens (tertiary/aromatic N) is 3. The zero-order valence-corrected chi connectivity index (χ0v) is 24.4. The Hall–Kier alpha value is -3.86. The summed E-state index contributed by atoms with van der Waals surface area (Å²) in [5.41, 5.74) is 2.91. The fourth-order valence-electron chi connectivity index (χ4n) is 4.97. The van der Waals surface area contributed by atoms with Crippen molar-refractivity contribution >= 4 is 57.3 Å². The molecule has 1 amide bonds. The minimum absolute atomic E-state index is 0.0208. The van der Waals surface area contributed by atoms with Gasteiger partial charge in [0.15, 0.2) is 4.34 Å².